The van der Waals surface area contributed by atoms with E-state index in [-0.39, 0.29) is 35.2 Å². The fraction of sp³-hybridized carbons (Fsp3) is 0.529. The van der Waals surface area contributed by atoms with E-state index in [0.29, 0.717) is 19.4 Å². The molecular formula is C17H27N3O5. The molecule has 0 radical (unpaired) electrons. The summed E-state index contributed by atoms with van der Waals surface area (Å²) in [6.07, 6.45) is 1.51. The lowest BCUT2D eigenvalue weighted by Crippen LogP contribution is -2.35. The molecule has 0 spiro atoms. The molecule has 1 aliphatic rings. The van der Waals surface area contributed by atoms with Crippen LogP contribution < -0.4 is 10.6 Å². The largest absolute Gasteiger partial charge is 0.489 e. The number of hydrogen-bond acceptors (Lipinski definition) is 5. The van der Waals surface area contributed by atoms with Crippen molar-refractivity contribution < 1.29 is 23.9 Å². The van der Waals surface area contributed by atoms with Crippen molar-refractivity contribution in [3.8, 4) is 0 Å². The maximum atomic E-state index is 11.3. The summed E-state index contributed by atoms with van der Waals surface area (Å²) in [5, 5.41) is 4.81. The Labute approximate surface area is 148 Å². The zero-order valence-corrected chi connectivity index (χ0v) is 15.3. The van der Waals surface area contributed by atoms with Gasteiger partial charge >= 0.3 is 0 Å². The van der Waals surface area contributed by atoms with E-state index in [1.54, 1.807) is 13.8 Å². The quantitative estimate of drug-likeness (QED) is 0.404. The van der Waals surface area contributed by atoms with Gasteiger partial charge in [0.15, 0.2) is 5.76 Å². The third-order valence-electron chi connectivity index (χ3n) is 3.21. The molecule has 25 heavy (non-hydrogen) atoms. The number of hydrogen-bond donors (Lipinski definition) is 2. The second-order valence-electron chi connectivity index (χ2n) is 5.48. The molecule has 1 atom stereocenters. The SMILES string of the molecule is C=C(NC(=O)CCC)NC(=O)C(=C)OCC.CC1CC(=O)N(C)C1=O. The molecule has 0 aromatic carbocycles. The fourth-order valence-corrected chi connectivity index (χ4v) is 1.88. The van der Waals surface area contributed by atoms with Crippen molar-refractivity contribution in [3.05, 3.63) is 24.7 Å². The molecule has 2 N–H and O–H groups in total. The van der Waals surface area contributed by atoms with Gasteiger partial charge in [-0.25, -0.2) is 0 Å². The average Bonchev–Trinajstić information content (AvgIpc) is 2.74. The summed E-state index contributed by atoms with van der Waals surface area (Å²) in [6.45, 7) is 12.7. The second-order valence-corrected chi connectivity index (χ2v) is 5.48. The van der Waals surface area contributed by atoms with Crippen LogP contribution in [-0.4, -0.2) is 42.2 Å². The van der Waals surface area contributed by atoms with Crippen LogP contribution in [0, 0.1) is 5.92 Å². The number of imide groups is 1. The summed E-state index contributed by atoms with van der Waals surface area (Å²) in [5.74, 6) is -0.786. The number of likely N-dealkylation sites (tertiary alicyclic amines) is 1. The van der Waals surface area contributed by atoms with Crippen molar-refractivity contribution in [1.82, 2.24) is 15.5 Å². The van der Waals surface area contributed by atoms with Crippen LogP contribution in [0.1, 0.15) is 40.0 Å². The molecule has 1 aliphatic heterocycles. The number of carbonyl (C=O) groups excluding carboxylic acids is 4. The maximum absolute atomic E-state index is 11.3. The van der Waals surface area contributed by atoms with Crippen LogP contribution in [0.2, 0.25) is 0 Å². The Hall–Kier alpha value is -2.64. The van der Waals surface area contributed by atoms with Crippen LogP contribution in [-0.2, 0) is 23.9 Å². The monoisotopic (exact) mass is 353 g/mol. The third-order valence-corrected chi connectivity index (χ3v) is 3.21. The van der Waals surface area contributed by atoms with Gasteiger partial charge in [-0.1, -0.05) is 27.0 Å². The normalized spacial score (nSPS) is 15.8. The van der Waals surface area contributed by atoms with Crippen LogP contribution in [0.4, 0.5) is 0 Å². The second kappa shape index (κ2) is 11.0. The first-order valence-electron chi connectivity index (χ1n) is 8.06. The Bertz CT molecular complexity index is 556. The Morgan fingerprint density at radius 3 is 2.20 bits per heavy atom. The van der Waals surface area contributed by atoms with Crippen LogP contribution in [0.3, 0.4) is 0 Å². The van der Waals surface area contributed by atoms with E-state index in [1.807, 2.05) is 6.92 Å². The van der Waals surface area contributed by atoms with Crippen molar-refractivity contribution >= 4 is 23.6 Å². The number of amides is 4. The van der Waals surface area contributed by atoms with E-state index in [0.717, 1.165) is 6.42 Å². The van der Waals surface area contributed by atoms with Gasteiger partial charge < -0.3 is 15.4 Å². The number of ether oxygens (including phenoxy) is 1. The Balaban J connectivity index is 0.000000535. The van der Waals surface area contributed by atoms with Gasteiger partial charge in [-0.3, -0.25) is 24.1 Å². The molecule has 1 heterocycles. The average molecular weight is 353 g/mol. The number of carbonyl (C=O) groups is 4. The number of rotatable bonds is 7. The Kier molecular flexibility index (Phi) is 9.85. The van der Waals surface area contributed by atoms with E-state index in [1.165, 1.54) is 11.9 Å². The van der Waals surface area contributed by atoms with Gasteiger partial charge in [0.2, 0.25) is 17.7 Å². The van der Waals surface area contributed by atoms with Gasteiger partial charge in [0.05, 0.1) is 6.61 Å². The Morgan fingerprint density at radius 2 is 1.84 bits per heavy atom. The molecular weight excluding hydrogens is 326 g/mol. The predicted octanol–water partition coefficient (Wildman–Crippen LogP) is 1.05. The van der Waals surface area contributed by atoms with E-state index in [9.17, 15) is 19.2 Å². The van der Waals surface area contributed by atoms with E-state index in [4.69, 9.17) is 4.74 Å². The van der Waals surface area contributed by atoms with E-state index < -0.39 is 5.91 Å². The number of nitrogens with one attached hydrogen (secondary N) is 2. The topological polar surface area (TPSA) is 105 Å². The molecule has 0 aliphatic carbocycles. The minimum Gasteiger partial charge on any atom is -0.489 e. The fourth-order valence-electron chi connectivity index (χ4n) is 1.88. The lowest BCUT2D eigenvalue weighted by Gasteiger charge is -2.11. The summed E-state index contributed by atoms with van der Waals surface area (Å²) in [7, 11) is 1.52. The van der Waals surface area contributed by atoms with E-state index >= 15 is 0 Å². The summed E-state index contributed by atoms with van der Waals surface area (Å²) < 4.78 is 4.90. The first-order chi connectivity index (χ1) is 11.6. The van der Waals surface area contributed by atoms with Crippen molar-refractivity contribution in [2.75, 3.05) is 13.7 Å². The molecule has 0 aromatic rings. The molecule has 140 valence electrons. The van der Waals surface area contributed by atoms with Crippen molar-refractivity contribution in [3.63, 3.8) is 0 Å². The summed E-state index contributed by atoms with van der Waals surface area (Å²) in [6, 6.07) is 0. The van der Waals surface area contributed by atoms with Gasteiger partial charge in [-0.05, 0) is 13.3 Å². The van der Waals surface area contributed by atoms with Gasteiger partial charge in [-0.2, -0.15) is 0 Å². The van der Waals surface area contributed by atoms with Gasteiger partial charge in [0, 0.05) is 25.8 Å². The van der Waals surface area contributed by atoms with Crippen LogP contribution >= 0.6 is 0 Å². The van der Waals surface area contributed by atoms with Crippen molar-refractivity contribution in [1.29, 1.82) is 0 Å². The standard InChI is InChI=1S/C11H18N2O3.C6H9NO2/c1-5-7-10(14)12-9(4)13-11(15)8(3)16-6-2;1-4-3-5(8)7(2)6(4)9/h3-7H2,1-2H3,(H,12,14)(H,13,15);4H,3H2,1-2H3. The van der Waals surface area contributed by atoms with E-state index in [2.05, 4.69) is 23.8 Å². The highest BCUT2D eigenvalue weighted by atomic mass is 16.5. The van der Waals surface area contributed by atoms with Crippen LogP contribution in [0.5, 0.6) is 0 Å². The first kappa shape index (κ1) is 22.4. The lowest BCUT2D eigenvalue weighted by molar-refractivity contribution is -0.137. The van der Waals surface area contributed by atoms with Gasteiger partial charge in [-0.15, -0.1) is 0 Å². The zero-order chi connectivity index (χ0) is 19.6. The van der Waals surface area contributed by atoms with Crippen LogP contribution in [0.25, 0.3) is 0 Å². The molecule has 0 bridgehead atoms. The first-order valence-corrected chi connectivity index (χ1v) is 8.06. The zero-order valence-electron chi connectivity index (χ0n) is 15.3. The minimum atomic E-state index is -0.511. The number of nitrogens with zero attached hydrogens (tertiary/aromatic N) is 1. The van der Waals surface area contributed by atoms with Crippen LogP contribution in [0.15, 0.2) is 24.7 Å². The molecule has 1 saturated heterocycles. The van der Waals surface area contributed by atoms with Crippen molar-refractivity contribution in [2.45, 2.75) is 40.0 Å². The molecule has 1 fully saturated rings. The summed E-state index contributed by atoms with van der Waals surface area (Å²) in [4.78, 5) is 45.2. The molecule has 0 aromatic heterocycles. The Morgan fingerprint density at radius 1 is 1.24 bits per heavy atom. The molecule has 8 heteroatoms. The molecule has 8 nitrogen and oxygen atoms in total. The maximum Gasteiger partial charge on any atom is 0.291 e. The predicted molar refractivity (Wildman–Crippen MR) is 92.7 cm³/mol. The van der Waals surface area contributed by atoms with Crippen molar-refractivity contribution in [2.24, 2.45) is 5.92 Å². The lowest BCUT2D eigenvalue weighted by atomic mass is 10.1. The highest BCUT2D eigenvalue weighted by molar-refractivity contribution is 6.02. The molecule has 4 amide bonds. The molecule has 1 rings (SSSR count). The highest BCUT2D eigenvalue weighted by Crippen LogP contribution is 2.15. The summed E-state index contributed by atoms with van der Waals surface area (Å²) >= 11 is 0. The smallest absolute Gasteiger partial charge is 0.291 e. The minimum absolute atomic E-state index is 0.00612. The summed E-state index contributed by atoms with van der Waals surface area (Å²) in [5.41, 5.74) is 0. The van der Waals surface area contributed by atoms with Gasteiger partial charge in [0.25, 0.3) is 5.91 Å². The molecule has 0 saturated carbocycles. The molecule has 1 unspecified atom stereocenters. The third kappa shape index (κ3) is 8.14. The highest BCUT2D eigenvalue weighted by Gasteiger charge is 2.32. The van der Waals surface area contributed by atoms with Gasteiger partial charge in [0.1, 0.15) is 5.82 Å².